The number of fused-ring (bicyclic) bond motifs is 1. The first-order valence-electron chi connectivity index (χ1n) is 10.0. The molecule has 1 aromatic heterocycles. The first-order chi connectivity index (χ1) is 14.1. The molecule has 3 aromatic rings. The molecule has 1 fully saturated rings. The van der Waals surface area contributed by atoms with Crippen molar-refractivity contribution in [2.24, 2.45) is 0 Å². The summed E-state index contributed by atoms with van der Waals surface area (Å²) in [5, 5.41) is 0.929. The SMILES string of the molecule is COc1ccc(N2CC[NH+](CC(=O)c3c[nH]c4ccc(OC)cc34)C[C@H]2C)cc1. The van der Waals surface area contributed by atoms with E-state index in [2.05, 4.69) is 28.9 Å². The standard InChI is InChI=1S/C23H27N3O3/c1-16-14-25(10-11-26(16)17-4-6-18(28-2)7-5-17)15-23(27)21-13-24-22-9-8-19(29-3)12-20(21)22/h4-9,12-13,16,24H,10-11,14-15H2,1-3H3/p+1/t16-/m1/s1. The predicted octanol–water partition coefficient (Wildman–Crippen LogP) is 2.16. The Balaban J connectivity index is 1.42. The van der Waals surface area contributed by atoms with Crippen LogP contribution < -0.4 is 19.3 Å². The van der Waals surface area contributed by atoms with Crippen LogP contribution in [0.1, 0.15) is 17.3 Å². The van der Waals surface area contributed by atoms with Crippen molar-refractivity contribution < 1.29 is 19.2 Å². The first-order valence-corrected chi connectivity index (χ1v) is 10.0. The molecule has 4 rings (SSSR count). The summed E-state index contributed by atoms with van der Waals surface area (Å²) in [4.78, 5) is 19.9. The van der Waals surface area contributed by atoms with Gasteiger partial charge in [-0.05, 0) is 49.4 Å². The molecule has 0 aliphatic carbocycles. The Morgan fingerprint density at radius 2 is 1.86 bits per heavy atom. The zero-order valence-electron chi connectivity index (χ0n) is 17.2. The fraction of sp³-hybridized carbons (Fsp3) is 0.348. The number of carbonyl (C=O) groups is 1. The number of hydrogen-bond acceptors (Lipinski definition) is 4. The Morgan fingerprint density at radius 3 is 2.55 bits per heavy atom. The van der Waals surface area contributed by atoms with Gasteiger partial charge in [0.05, 0.1) is 39.9 Å². The minimum Gasteiger partial charge on any atom is -0.497 e. The minimum absolute atomic E-state index is 0.171. The third-order valence-electron chi connectivity index (χ3n) is 5.83. The van der Waals surface area contributed by atoms with Crippen molar-refractivity contribution in [2.45, 2.75) is 13.0 Å². The van der Waals surface area contributed by atoms with Crippen molar-refractivity contribution in [2.75, 3.05) is 45.3 Å². The number of aromatic nitrogens is 1. The molecular weight excluding hydrogens is 366 g/mol. The summed E-state index contributed by atoms with van der Waals surface area (Å²) in [5.41, 5.74) is 2.91. The quantitative estimate of drug-likeness (QED) is 0.629. The lowest BCUT2D eigenvalue weighted by Gasteiger charge is -2.38. The topological polar surface area (TPSA) is 59.0 Å². The monoisotopic (exact) mass is 394 g/mol. The van der Waals surface area contributed by atoms with Crippen LogP contribution in [0.15, 0.2) is 48.7 Å². The van der Waals surface area contributed by atoms with Gasteiger partial charge in [0, 0.05) is 28.4 Å². The number of aromatic amines is 1. The number of piperazine rings is 1. The van der Waals surface area contributed by atoms with E-state index in [1.54, 1.807) is 14.2 Å². The van der Waals surface area contributed by atoms with Gasteiger partial charge in [-0.15, -0.1) is 0 Å². The van der Waals surface area contributed by atoms with Crippen LogP contribution in [0, 0.1) is 0 Å². The minimum atomic E-state index is 0.171. The Kier molecular flexibility index (Phi) is 5.45. The molecule has 6 nitrogen and oxygen atoms in total. The Bertz CT molecular complexity index is 996. The van der Waals surface area contributed by atoms with Crippen molar-refractivity contribution in [3.05, 3.63) is 54.2 Å². The van der Waals surface area contributed by atoms with Crippen molar-refractivity contribution >= 4 is 22.4 Å². The summed E-state index contributed by atoms with van der Waals surface area (Å²) in [5.74, 6) is 1.80. The molecule has 1 aliphatic heterocycles. The lowest BCUT2D eigenvalue weighted by molar-refractivity contribution is -0.894. The molecule has 152 valence electrons. The second kappa shape index (κ2) is 8.17. The number of quaternary nitrogens is 1. The van der Waals surface area contributed by atoms with E-state index in [-0.39, 0.29) is 5.78 Å². The van der Waals surface area contributed by atoms with Gasteiger partial charge in [0.1, 0.15) is 18.0 Å². The molecule has 29 heavy (non-hydrogen) atoms. The molecule has 1 unspecified atom stereocenters. The second-order valence-corrected chi connectivity index (χ2v) is 7.66. The summed E-state index contributed by atoms with van der Waals surface area (Å²) < 4.78 is 10.6. The lowest BCUT2D eigenvalue weighted by atomic mass is 10.1. The van der Waals surface area contributed by atoms with Gasteiger partial charge in [-0.25, -0.2) is 0 Å². The fourth-order valence-corrected chi connectivity index (χ4v) is 4.23. The van der Waals surface area contributed by atoms with Gasteiger partial charge < -0.3 is 24.3 Å². The first kappa shape index (κ1) is 19.3. The number of H-pyrrole nitrogens is 1. The highest BCUT2D eigenvalue weighted by atomic mass is 16.5. The number of benzene rings is 2. The van der Waals surface area contributed by atoms with Crippen LogP contribution in [0.5, 0.6) is 11.5 Å². The molecule has 1 saturated heterocycles. The number of nitrogens with zero attached hydrogens (tertiary/aromatic N) is 1. The summed E-state index contributed by atoms with van der Waals surface area (Å²) in [6, 6.07) is 14.3. The van der Waals surface area contributed by atoms with Crippen molar-refractivity contribution in [1.29, 1.82) is 0 Å². The molecule has 1 aliphatic rings. The summed E-state index contributed by atoms with van der Waals surface area (Å²) in [6.45, 7) is 5.53. The molecule has 2 heterocycles. The number of anilines is 1. The zero-order valence-corrected chi connectivity index (χ0v) is 17.2. The van der Waals surface area contributed by atoms with Gasteiger partial charge in [-0.3, -0.25) is 4.79 Å². The van der Waals surface area contributed by atoms with Crippen LogP contribution in [-0.2, 0) is 0 Å². The predicted molar refractivity (Wildman–Crippen MR) is 115 cm³/mol. The van der Waals surface area contributed by atoms with Crippen LogP contribution in [0.25, 0.3) is 10.9 Å². The number of ether oxygens (including phenoxy) is 2. The number of ketones is 1. The number of methoxy groups -OCH3 is 2. The van der Waals surface area contributed by atoms with Crippen molar-refractivity contribution in [1.82, 2.24) is 4.98 Å². The van der Waals surface area contributed by atoms with E-state index >= 15 is 0 Å². The molecule has 0 saturated carbocycles. The highest BCUT2D eigenvalue weighted by molar-refractivity contribution is 6.08. The van der Waals surface area contributed by atoms with Gasteiger partial charge >= 0.3 is 0 Å². The summed E-state index contributed by atoms with van der Waals surface area (Å²) in [7, 11) is 3.32. The lowest BCUT2D eigenvalue weighted by Crippen LogP contribution is -3.16. The maximum atomic E-state index is 13.0. The molecule has 0 radical (unpaired) electrons. The zero-order chi connectivity index (χ0) is 20.4. The van der Waals surface area contributed by atoms with E-state index in [1.165, 1.54) is 10.6 Å². The smallest absolute Gasteiger partial charge is 0.219 e. The van der Waals surface area contributed by atoms with E-state index < -0.39 is 0 Å². The average molecular weight is 394 g/mol. The van der Waals surface area contributed by atoms with Crippen molar-refractivity contribution in [3.63, 3.8) is 0 Å². The Morgan fingerprint density at radius 1 is 1.14 bits per heavy atom. The van der Waals surface area contributed by atoms with Crippen molar-refractivity contribution in [3.8, 4) is 11.5 Å². The molecule has 2 N–H and O–H groups in total. The highest BCUT2D eigenvalue weighted by Crippen LogP contribution is 2.24. The van der Waals surface area contributed by atoms with Gasteiger partial charge in [-0.1, -0.05) is 0 Å². The number of hydrogen-bond donors (Lipinski definition) is 2. The van der Waals surface area contributed by atoms with E-state index in [0.29, 0.717) is 12.6 Å². The molecular formula is C23H28N3O3+. The van der Waals surface area contributed by atoms with E-state index in [9.17, 15) is 4.79 Å². The van der Waals surface area contributed by atoms with Gasteiger partial charge in [0.15, 0.2) is 0 Å². The normalized spacial score (nSPS) is 19.3. The Labute approximate surface area is 171 Å². The van der Waals surface area contributed by atoms with Gasteiger partial charge in [0.2, 0.25) is 5.78 Å². The largest absolute Gasteiger partial charge is 0.497 e. The van der Waals surface area contributed by atoms with Crippen LogP contribution in [0.3, 0.4) is 0 Å². The second-order valence-electron chi connectivity index (χ2n) is 7.66. The van der Waals surface area contributed by atoms with Crippen LogP contribution >= 0.6 is 0 Å². The summed E-state index contributed by atoms with van der Waals surface area (Å²) >= 11 is 0. The van der Waals surface area contributed by atoms with Crippen LogP contribution in [0.4, 0.5) is 5.69 Å². The third-order valence-corrected chi connectivity index (χ3v) is 5.83. The molecule has 0 bridgehead atoms. The molecule has 2 aromatic carbocycles. The van der Waals surface area contributed by atoms with E-state index in [4.69, 9.17) is 9.47 Å². The maximum absolute atomic E-state index is 13.0. The average Bonchev–Trinajstić information content (AvgIpc) is 3.17. The van der Waals surface area contributed by atoms with Gasteiger partial charge in [-0.2, -0.15) is 0 Å². The highest BCUT2D eigenvalue weighted by Gasteiger charge is 2.29. The van der Waals surface area contributed by atoms with Gasteiger partial charge in [0.25, 0.3) is 0 Å². The number of carbonyl (C=O) groups excluding carboxylic acids is 1. The number of rotatable bonds is 6. The number of nitrogens with one attached hydrogen (secondary N) is 2. The van der Waals surface area contributed by atoms with Crippen LogP contribution in [0.2, 0.25) is 0 Å². The maximum Gasteiger partial charge on any atom is 0.219 e. The Hall–Kier alpha value is -2.99. The molecule has 0 spiro atoms. The fourth-order valence-electron chi connectivity index (χ4n) is 4.23. The van der Waals surface area contributed by atoms with E-state index in [0.717, 1.165) is 47.6 Å². The molecule has 6 heteroatoms. The van der Waals surface area contributed by atoms with Crippen LogP contribution in [-0.4, -0.2) is 57.2 Å². The van der Waals surface area contributed by atoms with E-state index in [1.807, 2.05) is 36.5 Å². The number of Topliss-reactive ketones (excluding diaryl/α,β-unsaturated/α-hetero) is 1. The summed E-state index contributed by atoms with van der Waals surface area (Å²) in [6.07, 6.45) is 1.82. The molecule has 2 atom stereocenters. The third kappa shape index (κ3) is 3.93. The molecule has 0 amide bonds.